The van der Waals surface area contributed by atoms with Crippen molar-refractivity contribution in [3.8, 4) is 0 Å². The molecule has 0 spiro atoms. The molecule has 0 saturated heterocycles. The Kier molecular flexibility index (Phi) is 4.24. The molecule has 0 aliphatic rings. The smallest absolute Gasteiger partial charge is 0.339 e. The minimum Gasteiger partial charge on any atom is -0.478 e. The summed E-state index contributed by atoms with van der Waals surface area (Å²) in [5, 5.41) is 12.9. The summed E-state index contributed by atoms with van der Waals surface area (Å²) in [6, 6.07) is 9.02. The molecule has 0 bridgehead atoms. The maximum atomic E-state index is 10.9. The molecule has 19 heavy (non-hydrogen) atoms. The van der Waals surface area contributed by atoms with E-state index in [0.29, 0.717) is 17.3 Å². The van der Waals surface area contributed by atoms with Crippen LogP contribution in [0.15, 0.2) is 41.0 Å². The van der Waals surface area contributed by atoms with Crippen LogP contribution in [0.5, 0.6) is 0 Å². The number of furan rings is 1. The van der Waals surface area contributed by atoms with Crippen LogP contribution in [0.1, 0.15) is 34.6 Å². The predicted octanol–water partition coefficient (Wildman–Crippen LogP) is 3.48. The van der Waals surface area contributed by atoms with E-state index in [4.69, 9.17) is 21.1 Å². The van der Waals surface area contributed by atoms with Gasteiger partial charge in [-0.05, 0) is 30.7 Å². The highest BCUT2D eigenvalue weighted by Gasteiger charge is 2.14. The molecule has 2 aromatic rings. The number of halogens is 1. The Hall–Kier alpha value is -1.78. The van der Waals surface area contributed by atoms with Crippen LogP contribution in [-0.4, -0.2) is 11.1 Å². The molecule has 4 nitrogen and oxygen atoms in total. The van der Waals surface area contributed by atoms with Gasteiger partial charge in [-0.25, -0.2) is 4.79 Å². The lowest BCUT2D eigenvalue weighted by molar-refractivity contribution is 0.0694. The Morgan fingerprint density at radius 1 is 1.47 bits per heavy atom. The molecule has 1 atom stereocenters. The molecule has 5 heteroatoms. The van der Waals surface area contributed by atoms with Gasteiger partial charge < -0.3 is 14.8 Å². The van der Waals surface area contributed by atoms with Gasteiger partial charge in [0.15, 0.2) is 0 Å². The van der Waals surface area contributed by atoms with Crippen LogP contribution in [0.2, 0.25) is 5.02 Å². The lowest BCUT2D eigenvalue weighted by atomic mass is 10.1. The van der Waals surface area contributed by atoms with Gasteiger partial charge in [-0.3, -0.25) is 0 Å². The first-order chi connectivity index (χ1) is 9.08. The number of benzene rings is 1. The van der Waals surface area contributed by atoms with Gasteiger partial charge in [0.1, 0.15) is 11.3 Å². The molecule has 2 N–H and O–H groups in total. The number of carbonyl (C=O) groups is 1. The molecular formula is C14H14ClNO3. The predicted molar refractivity (Wildman–Crippen MR) is 72.4 cm³/mol. The summed E-state index contributed by atoms with van der Waals surface area (Å²) in [7, 11) is 0. The van der Waals surface area contributed by atoms with Crippen LogP contribution in [0.25, 0.3) is 0 Å². The van der Waals surface area contributed by atoms with Crippen molar-refractivity contribution >= 4 is 17.6 Å². The third kappa shape index (κ3) is 3.36. The van der Waals surface area contributed by atoms with Crippen molar-refractivity contribution in [3.63, 3.8) is 0 Å². The van der Waals surface area contributed by atoms with Gasteiger partial charge in [0.25, 0.3) is 0 Å². The molecule has 0 saturated carbocycles. The maximum Gasteiger partial charge on any atom is 0.339 e. The van der Waals surface area contributed by atoms with Crippen molar-refractivity contribution < 1.29 is 14.3 Å². The van der Waals surface area contributed by atoms with Crippen molar-refractivity contribution in [1.29, 1.82) is 0 Å². The highest BCUT2D eigenvalue weighted by molar-refractivity contribution is 6.30. The Morgan fingerprint density at radius 2 is 2.26 bits per heavy atom. The number of hydrogen-bond donors (Lipinski definition) is 2. The number of carboxylic acid groups (broad SMARTS) is 1. The Bertz CT molecular complexity index is 580. The summed E-state index contributed by atoms with van der Waals surface area (Å²) in [6.45, 7) is 2.33. The number of nitrogens with one attached hydrogen (secondary N) is 1. The van der Waals surface area contributed by atoms with Gasteiger partial charge in [-0.1, -0.05) is 23.7 Å². The normalized spacial score (nSPS) is 12.3. The highest BCUT2D eigenvalue weighted by Crippen LogP contribution is 2.18. The fourth-order valence-corrected chi connectivity index (χ4v) is 2.01. The van der Waals surface area contributed by atoms with Crippen LogP contribution in [-0.2, 0) is 6.54 Å². The van der Waals surface area contributed by atoms with E-state index in [-0.39, 0.29) is 11.6 Å². The van der Waals surface area contributed by atoms with Gasteiger partial charge in [0.05, 0.1) is 12.8 Å². The van der Waals surface area contributed by atoms with E-state index in [0.717, 1.165) is 5.56 Å². The van der Waals surface area contributed by atoms with Crippen LogP contribution >= 0.6 is 11.6 Å². The molecule has 0 aliphatic carbocycles. The van der Waals surface area contributed by atoms with Crippen LogP contribution < -0.4 is 5.32 Å². The molecule has 100 valence electrons. The average molecular weight is 280 g/mol. The van der Waals surface area contributed by atoms with E-state index < -0.39 is 5.97 Å². The molecule has 1 heterocycles. The van der Waals surface area contributed by atoms with E-state index in [1.165, 1.54) is 12.3 Å². The first kappa shape index (κ1) is 13.6. The maximum absolute atomic E-state index is 10.9. The van der Waals surface area contributed by atoms with Gasteiger partial charge in [-0.2, -0.15) is 0 Å². The molecule has 0 amide bonds. The molecule has 1 aromatic carbocycles. The van der Waals surface area contributed by atoms with Crippen molar-refractivity contribution in [3.05, 3.63) is 58.5 Å². The van der Waals surface area contributed by atoms with Gasteiger partial charge in [0.2, 0.25) is 0 Å². The summed E-state index contributed by atoms with van der Waals surface area (Å²) in [6.07, 6.45) is 1.38. The minimum absolute atomic E-state index is 0.0467. The second kappa shape index (κ2) is 5.91. The van der Waals surface area contributed by atoms with Crippen LogP contribution in [0.3, 0.4) is 0 Å². The molecule has 0 radical (unpaired) electrons. The summed E-state index contributed by atoms with van der Waals surface area (Å²) < 4.78 is 5.17. The number of aromatic carboxylic acids is 1. The highest BCUT2D eigenvalue weighted by atomic mass is 35.5. The van der Waals surface area contributed by atoms with Crippen molar-refractivity contribution in [2.75, 3.05) is 0 Å². The van der Waals surface area contributed by atoms with Crippen LogP contribution in [0, 0.1) is 0 Å². The second-order valence-corrected chi connectivity index (χ2v) is 4.66. The summed E-state index contributed by atoms with van der Waals surface area (Å²) >= 11 is 5.93. The van der Waals surface area contributed by atoms with E-state index in [2.05, 4.69) is 5.32 Å². The number of carboxylic acids is 1. The van der Waals surface area contributed by atoms with Gasteiger partial charge in [0, 0.05) is 11.1 Å². The standard InChI is InChI=1S/C14H14ClNO3/c1-9(10-3-2-4-11(15)7-10)16-8-13-12(14(17)18)5-6-19-13/h2-7,9,16H,8H2,1H3,(H,17,18)/t9-/m0/s1. The van der Waals surface area contributed by atoms with Crippen LogP contribution in [0.4, 0.5) is 0 Å². The van der Waals surface area contributed by atoms with E-state index in [1.54, 1.807) is 0 Å². The third-order valence-corrected chi connectivity index (χ3v) is 3.13. The lowest BCUT2D eigenvalue weighted by Crippen LogP contribution is -2.19. The summed E-state index contributed by atoms with van der Waals surface area (Å²) in [4.78, 5) is 10.9. The largest absolute Gasteiger partial charge is 0.478 e. The SMILES string of the molecule is C[C@H](NCc1occc1C(=O)O)c1cccc(Cl)c1. The fraction of sp³-hybridized carbons (Fsp3) is 0.214. The lowest BCUT2D eigenvalue weighted by Gasteiger charge is -2.13. The van der Waals surface area contributed by atoms with Crippen molar-refractivity contribution in [2.24, 2.45) is 0 Å². The molecule has 0 fully saturated rings. The molecule has 0 unspecified atom stereocenters. The Morgan fingerprint density at radius 3 is 2.95 bits per heavy atom. The summed E-state index contributed by atoms with van der Waals surface area (Å²) in [5.41, 5.74) is 1.22. The zero-order valence-electron chi connectivity index (χ0n) is 10.4. The Labute approximate surface area is 116 Å². The molecule has 0 aliphatic heterocycles. The quantitative estimate of drug-likeness (QED) is 0.879. The third-order valence-electron chi connectivity index (χ3n) is 2.89. The van der Waals surface area contributed by atoms with E-state index in [1.807, 2.05) is 31.2 Å². The monoisotopic (exact) mass is 279 g/mol. The summed E-state index contributed by atoms with van der Waals surface area (Å²) in [5.74, 6) is -0.567. The first-order valence-electron chi connectivity index (χ1n) is 5.86. The fourth-order valence-electron chi connectivity index (χ4n) is 1.81. The zero-order valence-corrected chi connectivity index (χ0v) is 11.1. The van der Waals surface area contributed by atoms with Crippen molar-refractivity contribution in [1.82, 2.24) is 5.32 Å². The van der Waals surface area contributed by atoms with Gasteiger partial charge >= 0.3 is 5.97 Å². The number of hydrogen-bond acceptors (Lipinski definition) is 3. The minimum atomic E-state index is -0.985. The molecule has 1 aromatic heterocycles. The zero-order chi connectivity index (χ0) is 13.8. The molecular weight excluding hydrogens is 266 g/mol. The first-order valence-corrected chi connectivity index (χ1v) is 6.24. The average Bonchev–Trinajstić information content (AvgIpc) is 2.84. The number of rotatable bonds is 5. The molecule has 2 rings (SSSR count). The van der Waals surface area contributed by atoms with E-state index in [9.17, 15) is 4.79 Å². The topological polar surface area (TPSA) is 62.5 Å². The van der Waals surface area contributed by atoms with Crippen molar-refractivity contribution in [2.45, 2.75) is 19.5 Å². The van der Waals surface area contributed by atoms with Gasteiger partial charge in [-0.15, -0.1) is 0 Å². The second-order valence-electron chi connectivity index (χ2n) is 4.22. The van der Waals surface area contributed by atoms with E-state index >= 15 is 0 Å². The Balaban J connectivity index is 2.02.